The number of esters is 1. The van der Waals surface area contributed by atoms with Crippen molar-refractivity contribution in [1.82, 2.24) is 5.32 Å². The van der Waals surface area contributed by atoms with E-state index in [4.69, 9.17) is 4.74 Å². The Balaban J connectivity index is 3.27. The van der Waals surface area contributed by atoms with Crippen LogP contribution in [-0.2, 0) is 14.3 Å². The van der Waals surface area contributed by atoms with Crippen LogP contribution in [0.5, 0.6) is 0 Å². The molecule has 0 saturated heterocycles. The van der Waals surface area contributed by atoms with Gasteiger partial charge in [0.05, 0.1) is 25.4 Å². The average molecular weight is 1020 g/mol. The molecule has 6 nitrogen and oxygen atoms in total. The van der Waals surface area contributed by atoms with Gasteiger partial charge in [-0.25, -0.2) is 0 Å². The molecule has 2 unspecified atom stereocenters. The number of carbonyl (C=O) groups is 2. The first-order valence-electron chi connectivity index (χ1n) is 32.9. The van der Waals surface area contributed by atoms with Crippen LogP contribution in [0.2, 0.25) is 0 Å². The number of aliphatic hydroxyl groups excluding tert-OH is 2. The van der Waals surface area contributed by atoms with Crippen LogP contribution in [0.25, 0.3) is 0 Å². The summed E-state index contributed by atoms with van der Waals surface area (Å²) >= 11 is 0. The fourth-order valence-electron chi connectivity index (χ4n) is 10.5. The third-order valence-corrected chi connectivity index (χ3v) is 15.6. The monoisotopic (exact) mass is 1020 g/mol. The molecule has 428 valence electrons. The van der Waals surface area contributed by atoms with Gasteiger partial charge in [-0.3, -0.25) is 9.59 Å². The zero-order chi connectivity index (χ0) is 52.2. The predicted molar refractivity (Wildman–Crippen MR) is 315 cm³/mol. The normalized spacial score (nSPS) is 12.6. The molecule has 0 aliphatic heterocycles. The highest BCUT2D eigenvalue weighted by atomic mass is 16.5. The summed E-state index contributed by atoms with van der Waals surface area (Å²) in [7, 11) is 0. The number of aliphatic hydroxyl groups is 2. The molecule has 0 bridgehead atoms. The van der Waals surface area contributed by atoms with Crippen molar-refractivity contribution < 1.29 is 24.5 Å². The van der Waals surface area contributed by atoms with Gasteiger partial charge in [0.1, 0.15) is 0 Å². The van der Waals surface area contributed by atoms with Crippen LogP contribution in [0.3, 0.4) is 0 Å². The van der Waals surface area contributed by atoms with Gasteiger partial charge in [-0.15, -0.1) is 0 Å². The molecule has 0 aromatic heterocycles. The third-order valence-electron chi connectivity index (χ3n) is 15.6. The van der Waals surface area contributed by atoms with Crippen LogP contribution in [-0.4, -0.2) is 47.4 Å². The molecule has 0 heterocycles. The fourth-order valence-corrected chi connectivity index (χ4v) is 10.5. The van der Waals surface area contributed by atoms with E-state index in [1.54, 1.807) is 0 Å². The van der Waals surface area contributed by atoms with E-state index in [-0.39, 0.29) is 18.5 Å². The van der Waals surface area contributed by atoms with Crippen LogP contribution < -0.4 is 5.32 Å². The van der Waals surface area contributed by atoms with Gasteiger partial charge in [0.2, 0.25) is 5.91 Å². The molecule has 0 aromatic carbocycles. The molecule has 0 aliphatic rings. The van der Waals surface area contributed by atoms with Crippen LogP contribution >= 0.6 is 0 Å². The van der Waals surface area contributed by atoms with Crippen molar-refractivity contribution in [1.29, 1.82) is 0 Å². The predicted octanol–water partition coefficient (Wildman–Crippen LogP) is 20.8. The van der Waals surface area contributed by atoms with Crippen LogP contribution in [0, 0.1) is 0 Å². The Morgan fingerprint density at radius 1 is 0.375 bits per heavy atom. The van der Waals surface area contributed by atoms with Crippen molar-refractivity contribution in [3.8, 4) is 0 Å². The summed E-state index contributed by atoms with van der Waals surface area (Å²) in [6.07, 6.45) is 75.6. The molecule has 0 rings (SSSR count). The maximum atomic E-state index is 12.4. The largest absolute Gasteiger partial charge is 0.466 e. The molecule has 0 radical (unpaired) electrons. The third kappa shape index (κ3) is 57.9. The lowest BCUT2D eigenvalue weighted by Crippen LogP contribution is -2.45. The van der Waals surface area contributed by atoms with E-state index in [1.165, 1.54) is 295 Å². The van der Waals surface area contributed by atoms with Crippen LogP contribution in [0.1, 0.15) is 373 Å². The van der Waals surface area contributed by atoms with Crippen molar-refractivity contribution in [2.75, 3.05) is 13.2 Å². The molecular formula is C66H129NO5. The molecule has 0 fully saturated rings. The molecule has 0 aromatic rings. The molecule has 0 saturated carbocycles. The summed E-state index contributed by atoms with van der Waals surface area (Å²) < 4.78 is 5.47. The Hall–Kier alpha value is -1.40. The van der Waals surface area contributed by atoms with E-state index in [9.17, 15) is 19.8 Å². The van der Waals surface area contributed by atoms with Gasteiger partial charge in [-0.2, -0.15) is 0 Å². The van der Waals surface area contributed by atoms with E-state index >= 15 is 0 Å². The Kier molecular flexibility index (Phi) is 60.9. The lowest BCUT2D eigenvalue weighted by Gasteiger charge is -2.22. The Morgan fingerprint density at radius 3 is 1.03 bits per heavy atom. The highest BCUT2D eigenvalue weighted by molar-refractivity contribution is 5.76. The number of hydrogen-bond acceptors (Lipinski definition) is 5. The second-order valence-electron chi connectivity index (χ2n) is 22.8. The van der Waals surface area contributed by atoms with Gasteiger partial charge in [-0.05, 0) is 44.9 Å². The van der Waals surface area contributed by atoms with Gasteiger partial charge >= 0.3 is 5.97 Å². The maximum Gasteiger partial charge on any atom is 0.305 e. The number of carbonyl (C=O) groups excluding carboxylic acids is 2. The lowest BCUT2D eigenvalue weighted by molar-refractivity contribution is -0.143. The average Bonchev–Trinajstić information content (AvgIpc) is 3.38. The highest BCUT2D eigenvalue weighted by Crippen LogP contribution is 2.19. The molecule has 0 aliphatic carbocycles. The van der Waals surface area contributed by atoms with Crippen molar-refractivity contribution in [3.63, 3.8) is 0 Å². The number of ether oxygens (including phenoxy) is 1. The van der Waals surface area contributed by atoms with E-state index < -0.39 is 12.1 Å². The van der Waals surface area contributed by atoms with Crippen LogP contribution in [0.15, 0.2) is 12.2 Å². The lowest BCUT2D eigenvalue weighted by atomic mass is 10.0. The standard InChI is InChI=1S/C66H129NO5/c1-3-5-7-9-11-13-39-44-48-52-56-60-66(71)72-61-57-53-49-45-41-38-36-34-32-30-28-26-24-22-20-18-16-14-15-17-19-21-23-25-27-29-31-33-35-37-40-43-47-51-55-59-65(70)67-63(62-68)64(69)58-54-50-46-42-12-10-8-6-4-2/h9,11,63-64,68-69H,3-8,10,12-62H2,1-2H3,(H,67,70)/b11-9-. The molecule has 2 atom stereocenters. The van der Waals surface area contributed by atoms with Gasteiger partial charge in [-0.1, -0.05) is 328 Å². The SMILES string of the molecule is CCCC/C=C\CCCCCCCC(=O)OCCCCCCCCCCCCCCCCCCCCCCCCCCCCCCCCCCCCCC(=O)NC(CO)C(O)CCCCCCCCCCC. The fraction of sp³-hybridized carbons (Fsp3) is 0.939. The Morgan fingerprint density at radius 2 is 0.667 bits per heavy atom. The van der Waals surface area contributed by atoms with Crippen molar-refractivity contribution >= 4 is 11.9 Å². The topological polar surface area (TPSA) is 95.9 Å². The molecule has 0 spiro atoms. The number of nitrogens with one attached hydrogen (secondary N) is 1. The molecule has 6 heteroatoms. The van der Waals surface area contributed by atoms with Crippen LogP contribution in [0.4, 0.5) is 0 Å². The first kappa shape index (κ1) is 70.6. The molecular weight excluding hydrogens is 887 g/mol. The number of hydrogen-bond donors (Lipinski definition) is 3. The summed E-state index contributed by atoms with van der Waals surface area (Å²) in [5.41, 5.74) is 0. The number of unbranched alkanes of at least 4 members (excludes halogenated alkanes) is 49. The smallest absolute Gasteiger partial charge is 0.305 e. The zero-order valence-electron chi connectivity index (χ0n) is 48.9. The molecule has 1 amide bonds. The number of amides is 1. The second-order valence-corrected chi connectivity index (χ2v) is 22.8. The zero-order valence-corrected chi connectivity index (χ0v) is 48.9. The summed E-state index contributed by atoms with van der Waals surface area (Å²) in [5.74, 6) is -0.0185. The molecule has 3 N–H and O–H groups in total. The Bertz CT molecular complexity index is 1080. The highest BCUT2D eigenvalue weighted by Gasteiger charge is 2.20. The van der Waals surface area contributed by atoms with Crippen molar-refractivity contribution in [2.24, 2.45) is 0 Å². The van der Waals surface area contributed by atoms with Gasteiger partial charge < -0.3 is 20.3 Å². The summed E-state index contributed by atoms with van der Waals surface area (Å²) in [6.45, 7) is 4.92. The van der Waals surface area contributed by atoms with Crippen molar-refractivity contribution in [3.05, 3.63) is 12.2 Å². The first-order chi connectivity index (χ1) is 35.5. The first-order valence-corrected chi connectivity index (χ1v) is 32.9. The quantitative estimate of drug-likeness (QED) is 0.0320. The summed E-state index contributed by atoms with van der Waals surface area (Å²) in [6, 6.07) is -0.534. The van der Waals surface area contributed by atoms with Gasteiger partial charge in [0.25, 0.3) is 0 Å². The van der Waals surface area contributed by atoms with E-state index in [0.717, 1.165) is 44.9 Å². The Labute approximate surface area is 450 Å². The minimum absolute atomic E-state index is 0.0118. The number of rotatable bonds is 62. The van der Waals surface area contributed by atoms with E-state index in [2.05, 4.69) is 31.3 Å². The molecule has 72 heavy (non-hydrogen) atoms. The van der Waals surface area contributed by atoms with Gasteiger partial charge in [0, 0.05) is 12.8 Å². The second kappa shape index (κ2) is 62.1. The van der Waals surface area contributed by atoms with E-state index in [1.807, 2.05) is 0 Å². The summed E-state index contributed by atoms with van der Waals surface area (Å²) in [4.78, 5) is 24.4. The minimum Gasteiger partial charge on any atom is -0.466 e. The maximum absolute atomic E-state index is 12.4. The number of allylic oxidation sites excluding steroid dienone is 2. The minimum atomic E-state index is -0.657. The summed E-state index contributed by atoms with van der Waals surface area (Å²) in [5, 5.41) is 23.1. The van der Waals surface area contributed by atoms with E-state index in [0.29, 0.717) is 25.9 Å². The van der Waals surface area contributed by atoms with Crippen molar-refractivity contribution in [2.45, 2.75) is 386 Å². The van der Waals surface area contributed by atoms with Gasteiger partial charge in [0.15, 0.2) is 0 Å².